The van der Waals surface area contributed by atoms with Crippen LogP contribution in [0.5, 0.6) is 0 Å². The molecule has 3 rings (SSSR count). The van der Waals surface area contributed by atoms with Gasteiger partial charge in [-0.05, 0) is 26.7 Å². The molecule has 2 unspecified atom stereocenters. The SMILES string of the molecule is CN=C(NCc1sc(-c2ccccc2)nc1C)NC1CN(C(C)C)CC1C.I. The third kappa shape index (κ3) is 5.67. The van der Waals surface area contributed by atoms with Crippen LogP contribution in [-0.2, 0) is 6.54 Å². The molecule has 28 heavy (non-hydrogen) atoms. The summed E-state index contributed by atoms with van der Waals surface area (Å²) in [5.41, 5.74) is 2.26. The van der Waals surface area contributed by atoms with E-state index in [1.54, 1.807) is 11.3 Å². The van der Waals surface area contributed by atoms with Gasteiger partial charge in [0.1, 0.15) is 5.01 Å². The minimum absolute atomic E-state index is 0. The van der Waals surface area contributed by atoms with Crippen LogP contribution in [0.25, 0.3) is 10.6 Å². The van der Waals surface area contributed by atoms with E-state index in [1.807, 2.05) is 13.1 Å². The summed E-state index contributed by atoms with van der Waals surface area (Å²) in [6.07, 6.45) is 0. The Bertz CT molecular complexity index is 774. The molecule has 5 nitrogen and oxygen atoms in total. The molecule has 7 heteroatoms. The molecule has 0 aliphatic carbocycles. The van der Waals surface area contributed by atoms with Gasteiger partial charge < -0.3 is 10.6 Å². The molecular weight excluding hydrogens is 481 g/mol. The van der Waals surface area contributed by atoms with Crippen molar-refractivity contribution in [3.05, 3.63) is 40.9 Å². The summed E-state index contributed by atoms with van der Waals surface area (Å²) in [7, 11) is 1.84. The topological polar surface area (TPSA) is 52.6 Å². The number of hydrogen-bond acceptors (Lipinski definition) is 4. The van der Waals surface area contributed by atoms with E-state index in [2.05, 4.69) is 72.5 Å². The van der Waals surface area contributed by atoms with Gasteiger partial charge in [0.2, 0.25) is 0 Å². The lowest BCUT2D eigenvalue weighted by molar-refractivity contribution is 0.265. The first-order valence-electron chi connectivity index (χ1n) is 9.71. The molecule has 2 N–H and O–H groups in total. The van der Waals surface area contributed by atoms with Crippen LogP contribution in [0.3, 0.4) is 0 Å². The molecule has 1 aliphatic heterocycles. The van der Waals surface area contributed by atoms with E-state index in [4.69, 9.17) is 4.98 Å². The van der Waals surface area contributed by atoms with Crippen molar-refractivity contribution < 1.29 is 0 Å². The number of aliphatic imine (C=N–C) groups is 1. The summed E-state index contributed by atoms with van der Waals surface area (Å²) in [6, 6.07) is 11.4. The molecule has 0 bridgehead atoms. The number of guanidine groups is 1. The number of aromatic nitrogens is 1. The molecule has 1 fully saturated rings. The number of rotatable bonds is 5. The third-order valence-corrected chi connectivity index (χ3v) is 6.45. The number of likely N-dealkylation sites (tertiary alicyclic amines) is 1. The lowest BCUT2D eigenvalue weighted by atomic mass is 10.1. The third-order valence-electron chi connectivity index (χ3n) is 5.25. The van der Waals surface area contributed by atoms with E-state index in [9.17, 15) is 0 Å². The largest absolute Gasteiger partial charge is 0.352 e. The summed E-state index contributed by atoms with van der Waals surface area (Å²) in [5.74, 6) is 1.48. The number of hydrogen-bond donors (Lipinski definition) is 2. The average Bonchev–Trinajstić information content (AvgIpc) is 3.22. The quantitative estimate of drug-likeness (QED) is 0.359. The minimum atomic E-state index is 0. The molecule has 1 aliphatic rings. The van der Waals surface area contributed by atoms with Gasteiger partial charge in [-0.2, -0.15) is 0 Å². The van der Waals surface area contributed by atoms with Gasteiger partial charge in [-0.3, -0.25) is 9.89 Å². The summed E-state index contributed by atoms with van der Waals surface area (Å²) in [4.78, 5) is 12.9. The number of aryl methyl sites for hydroxylation is 1. The second kappa shape index (κ2) is 10.5. The second-order valence-electron chi connectivity index (χ2n) is 7.60. The summed E-state index contributed by atoms with van der Waals surface area (Å²) in [5, 5.41) is 8.16. The number of nitrogens with one attached hydrogen (secondary N) is 2. The Kier molecular flexibility index (Phi) is 8.70. The number of benzene rings is 1. The lowest BCUT2D eigenvalue weighted by Crippen LogP contribution is -2.46. The summed E-state index contributed by atoms with van der Waals surface area (Å²) >= 11 is 1.75. The smallest absolute Gasteiger partial charge is 0.191 e. The Morgan fingerprint density at radius 1 is 1.29 bits per heavy atom. The highest BCUT2D eigenvalue weighted by Gasteiger charge is 2.31. The van der Waals surface area contributed by atoms with Crippen molar-refractivity contribution in [1.29, 1.82) is 0 Å². The van der Waals surface area contributed by atoms with Crippen LogP contribution >= 0.6 is 35.3 Å². The van der Waals surface area contributed by atoms with Gasteiger partial charge >= 0.3 is 0 Å². The van der Waals surface area contributed by atoms with Gasteiger partial charge in [0.15, 0.2) is 5.96 Å². The first kappa shape index (κ1) is 23.1. The fourth-order valence-corrected chi connectivity index (χ4v) is 4.45. The first-order valence-corrected chi connectivity index (χ1v) is 10.5. The van der Waals surface area contributed by atoms with Crippen molar-refractivity contribution in [3.63, 3.8) is 0 Å². The molecule has 154 valence electrons. The molecule has 1 saturated heterocycles. The Hall–Kier alpha value is -1.19. The van der Waals surface area contributed by atoms with E-state index in [0.29, 0.717) is 18.0 Å². The van der Waals surface area contributed by atoms with Crippen molar-refractivity contribution in [2.75, 3.05) is 20.1 Å². The lowest BCUT2D eigenvalue weighted by Gasteiger charge is -2.21. The summed E-state index contributed by atoms with van der Waals surface area (Å²) in [6.45, 7) is 11.9. The van der Waals surface area contributed by atoms with E-state index >= 15 is 0 Å². The van der Waals surface area contributed by atoms with Crippen LogP contribution in [0, 0.1) is 12.8 Å². The summed E-state index contributed by atoms with van der Waals surface area (Å²) < 4.78 is 0. The molecule has 0 saturated carbocycles. The maximum absolute atomic E-state index is 4.74. The highest BCUT2D eigenvalue weighted by Crippen LogP contribution is 2.27. The fourth-order valence-electron chi connectivity index (χ4n) is 3.44. The van der Waals surface area contributed by atoms with Crippen molar-refractivity contribution in [2.45, 2.75) is 46.3 Å². The minimum Gasteiger partial charge on any atom is -0.352 e. The Morgan fingerprint density at radius 3 is 2.61 bits per heavy atom. The predicted molar refractivity (Wildman–Crippen MR) is 131 cm³/mol. The van der Waals surface area contributed by atoms with Crippen molar-refractivity contribution in [3.8, 4) is 10.6 Å². The van der Waals surface area contributed by atoms with Crippen LogP contribution in [0.1, 0.15) is 31.3 Å². The zero-order chi connectivity index (χ0) is 19.4. The van der Waals surface area contributed by atoms with E-state index < -0.39 is 0 Å². The Labute approximate surface area is 190 Å². The highest BCUT2D eigenvalue weighted by molar-refractivity contribution is 14.0. The monoisotopic (exact) mass is 513 g/mol. The predicted octanol–water partition coefficient (Wildman–Crippen LogP) is 4.13. The molecule has 2 atom stereocenters. The van der Waals surface area contributed by atoms with Gasteiger partial charge in [-0.15, -0.1) is 35.3 Å². The zero-order valence-corrected chi connectivity index (χ0v) is 20.5. The average molecular weight is 513 g/mol. The van der Waals surface area contributed by atoms with Crippen molar-refractivity contribution >= 4 is 41.3 Å². The molecule has 0 amide bonds. The number of halogens is 1. The van der Waals surface area contributed by atoms with Crippen LogP contribution in [0.4, 0.5) is 0 Å². The second-order valence-corrected chi connectivity index (χ2v) is 8.68. The van der Waals surface area contributed by atoms with E-state index in [-0.39, 0.29) is 24.0 Å². The highest BCUT2D eigenvalue weighted by atomic mass is 127. The molecule has 1 aromatic carbocycles. The van der Waals surface area contributed by atoms with Gasteiger partial charge in [0.25, 0.3) is 0 Å². The molecular formula is C21H32IN5S. The standard InChI is InChI=1S/C21H31N5S.HI/c1-14(2)26-12-15(3)18(13-26)25-21(22-5)23-11-19-16(4)24-20(27-19)17-9-7-6-8-10-17;/h6-10,14-15,18H,11-13H2,1-5H3,(H2,22,23,25);1H. The molecule has 0 spiro atoms. The van der Waals surface area contributed by atoms with Crippen LogP contribution in [-0.4, -0.2) is 48.1 Å². The van der Waals surface area contributed by atoms with E-state index in [1.165, 1.54) is 10.4 Å². The molecule has 2 aromatic rings. The van der Waals surface area contributed by atoms with Crippen LogP contribution in [0.2, 0.25) is 0 Å². The van der Waals surface area contributed by atoms with E-state index in [0.717, 1.165) is 36.3 Å². The van der Waals surface area contributed by atoms with Crippen molar-refractivity contribution in [2.24, 2.45) is 10.9 Å². The zero-order valence-electron chi connectivity index (χ0n) is 17.4. The first-order chi connectivity index (χ1) is 13.0. The van der Waals surface area contributed by atoms with Gasteiger partial charge in [-0.1, -0.05) is 37.3 Å². The van der Waals surface area contributed by atoms with Crippen molar-refractivity contribution in [1.82, 2.24) is 20.5 Å². The van der Waals surface area contributed by atoms with Crippen LogP contribution < -0.4 is 10.6 Å². The van der Waals surface area contributed by atoms with Gasteiger partial charge in [-0.25, -0.2) is 4.98 Å². The Morgan fingerprint density at radius 2 is 2.00 bits per heavy atom. The maximum atomic E-state index is 4.74. The Balaban J connectivity index is 0.00000280. The van der Waals surface area contributed by atoms with Crippen LogP contribution in [0.15, 0.2) is 35.3 Å². The van der Waals surface area contributed by atoms with Gasteiger partial charge in [0, 0.05) is 42.7 Å². The normalized spacial score (nSPS) is 20.3. The maximum Gasteiger partial charge on any atom is 0.191 e. The molecule has 0 radical (unpaired) electrons. The fraction of sp³-hybridized carbons (Fsp3) is 0.524. The number of nitrogens with zero attached hydrogens (tertiary/aromatic N) is 3. The number of thiazole rings is 1. The van der Waals surface area contributed by atoms with Gasteiger partial charge in [0.05, 0.1) is 12.2 Å². The molecule has 2 heterocycles. The molecule has 1 aromatic heterocycles.